The number of sulfone groups is 1. The van der Waals surface area contributed by atoms with Crippen LogP contribution in [0, 0.1) is 0 Å². The third-order valence-electron chi connectivity index (χ3n) is 2.45. The number of rotatable bonds is 3. The van der Waals surface area contributed by atoms with Crippen molar-refractivity contribution in [3.05, 3.63) is 58.0 Å². The van der Waals surface area contributed by atoms with Crippen molar-refractivity contribution in [2.45, 2.75) is 4.90 Å². The summed E-state index contributed by atoms with van der Waals surface area (Å²) in [6.45, 7) is 0. The SMILES string of the molecule is CS(=O)(=O)c1ccccc1/C=C/c1ccc(=O)[nH]n1. The van der Waals surface area contributed by atoms with Gasteiger partial charge in [0, 0.05) is 12.3 Å². The second kappa shape index (κ2) is 5.19. The Morgan fingerprint density at radius 1 is 1.11 bits per heavy atom. The Hall–Kier alpha value is -2.21. The Morgan fingerprint density at radius 3 is 2.47 bits per heavy atom. The van der Waals surface area contributed by atoms with Gasteiger partial charge in [-0.25, -0.2) is 13.5 Å². The third-order valence-corrected chi connectivity index (χ3v) is 3.62. The quantitative estimate of drug-likeness (QED) is 0.917. The molecule has 0 atom stereocenters. The van der Waals surface area contributed by atoms with Gasteiger partial charge in [-0.2, -0.15) is 5.10 Å². The lowest BCUT2D eigenvalue weighted by molar-refractivity contribution is 0.601. The highest BCUT2D eigenvalue weighted by Crippen LogP contribution is 2.17. The largest absolute Gasteiger partial charge is 0.268 e. The van der Waals surface area contributed by atoms with E-state index in [0.29, 0.717) is 11.3 Å². The van der Waals surface area contributed by atoms with Crippen molar-refractivity contribution in [1.82, 2.24) is 10.2 Å². The summed E-state index contributed by atoms with van der Waals surface area (Å²) >= 11 is 0. The maximum Gasteiger partial charge on any atom is 0.264 e. The van der Waals surface area contributed by atoms with Crippen molar-refractivity contribution in [3.8, 4) is 0 Å². The second-order valence-corrected chi connectivity index (χ2v) is 5.97. The number of aromatic nitrogens is 2. The van der Waals surface area contributed by atoms with Crippen LogP contribution in [-0.2, 0) is 9.84 Å². The monoisotopic (exact) mass is 276 g/mol. The molecule has 2 aromatic rings. The molecule has 0 amide bonds. The van der Waals surface area contributed by atoms with Gasteiger partial charge >= 0.3 is 0 Å². The molecule has 0 unspecified atom stereocenters. The highest BCUT2D eigenvalue weighted by molar-refractivity contribution is 7.90. The summed E-state index contributed by atoms with van der Waals surface area (Å²) in [6.07, 6.45) is 4.45. The molecule has 2 rings (SSSR count). The number of nitrogens with one attached hydrogen (secondary N) is 1. The molecule has 1 aromatic carbocycles. The molecule has 0 fully saturated rings. The van der Waals surface area contributed by atoms with E-state index in [0.717, 1.165) is 6.26 Å². The Kier molecular flexibility index (Phi) is 3.62. The first-order chi connectivity index (χ1) is 8.97. The molecule has 5 nitrogen and oxygen atoms in total. The molecule has 0 radical (unpaired) electrons. The van der Waals surface area contributed by atoms with Gasteiger partial charge in [-0.1, -0.05) is 24.3 Å². The highest BCUT2D eigenvalue weighted by Gasteiger charge is 2.10. The average molecular weight is 276 g/mol. The van der Waals surface area contributed by atoms with E-state index in [4.69, 9.17) is 0 Å². The predicted octanol–water partition coefficient (Wildman–Crippen LogP) is 1.34. The van der Waals surface area contributed by atoms with Gasteiger partial charge in [-0.3, -0.25) is 4.79 Å². The van der Waals surface area contributed by atoms with E-state index in [2.05, 4.69) is 10.2 Å². The minimum Gasteiger partial charge on any atom is -0.268 e. The predicted molar refractivity (Wildman–Crippen MR) is 73.3 cm³/mol. The molecule has 0 spiro atoms. The zero-order valence-electron chi connectivity index (χ0n) is 10.2. The van der Waals surface area contributed by atoms with Crippen molar-refractivity contribution in [2.75, 3.05) is 6.26 Å². The Balaban J connectivity index is 2.39. The van der Waals surface area contributed by atoms with E-state index in [9.17, 15) is 13.2 Å². The first-order valence-corrected chi connectivity index (χ1v) is 7.39. The lowest BCUT2D eigenvalue weighted by Crippen LogP contribution is -2.05. The van der Waals surface area contributed by atoms with Crippen molar-refractivity contribution in [3.63, 3.8) is 0 Å². The fraction of sp³-hybridized carbons (Fsp3) is 0.0769. The van der Waals surface area contributed by atoms with E-state index in [1.54, 1.807) is 42.5 Å². The number of hydrogen-bond donors (Lipinski definition) is 1. The fourth-order valence-electron chi connectivity index (χ4n) is 1.58. The van der Waals surface area contributed by atoms with Crippen LogP contribution in [-0.4, -0.2) is 24.9 Å². The first-order valence-electron chi connectivity index (χ1n) is 5.50. The highest BCUT2D eigenvalue weighted by atomic mass is 32.2. The van der Waals surface area contributed by atoms with Gasteiger partial charge in [-0.15, -0.1) is 0 Å². The van der Waals surface area contributed by atoms with E-state index in [1.807, 2.05) is 0 Å². The maximum absolute atomic E-state index is 11.6. The summed E-state index contributed by atoms with van der Waals surface area (Å²) in [7, 11) is -3.27. The van der Waals surface area contributed by atoms with Crippen molar-refractivity contribution >= 4 is 22.0 Å². The zero-order valence-corrected chi connectivity index (χ0v) is 11.0. The van der Waals surface area contributed by atoms with Crippen LogP contribution >= 0.6 is 0 Å². The second-order valence-electron chi connectivity index (χ2n) is 3.99. The summed E-state index contributed by atoms with van der Waals surface area (Å²) in [4.78, 5) is 11.1. The number of nitrogens with zero attached hydrogens (tertiary/aromatic N) is 1. The Bertz CT molecular complexity index is 756. The molecule has 6 heteroatoms. The van der Waals surface area contributed by atoms with Gasteiger partial charge in [0.15, 0.2) is 9.84 Å². The molecule has 1 aromatic heterocycles. The zero-order chi connectivity index (χ0) is 13.9. The van der Waals surface area contributed by atoms with Crippen LogP contribution in [0.3, 0.4) is 0 Å². The van der Waals surface area contributed by atoms with Gasteiger partial charge in [0.1, 0.15) is 0 Å². The van der Waals surface area contributed by atoms with Crippen LogP contribution in [0.15, 0.2) is 46.1 Å². The Morgan fingerprint density at radius 2 is 1.84 bits per heavy atom. The van der Waals surface area contributed by atoms with Crippen LogP contribution < -0.4 is 5.56 Å². The molecule has 0 aliphatic heterocycles. The Labute approximate surface area is 110 Å². The molecule has 98 valence electrons. The van der Waals surface area contributed by atoms with Gasteiger partial charge in [0.05, 0.1) is 10.6 Å². The minimum absolute atomic E-state index is 0.260. The number of H-pyrrole nitrogens is 1. The molecule has 0 bridgehead atoms. The van der Waals surface area contributed by atoms with E-state index in [-0.39, 0.29) is 10.5 Å². The number of hydrogen-bond acceptors (Lipinski definition) is 4. The van der Waals surface area contributed by atoms with Crippen molar-refractivity contribution in [1.29, 1.82) is 0 Å². The van der Waals surface area contributed by atoms with Crippen LogP contribution in [0.25, 0.3) is 12.2 Å². The van der Waals surface area contributed by atoms with E-state index >= 15 is 0 Å². The van der Waals surface area contributed by atoms with Crippen LogP contribution in [0.2, 0.25) is 0 Å². The van der Waals surface area contributed by atoms with E-state index in [1.165, 1.54) is 6.07 Å². The molecule has 0 aliphatic rings. The molecule has 19 heavy (non-hydrogen) atoms. The van der Waals surface area contributed by atoms with Gasteiger partial charge < -0.3 is 0 Å². The third kappa shape index (κ3) is 3.38. The summed E-state index contributed by atoms with van der Waals surface area (Å²) < 4.78 is 23.2. The topological polar surface area (TPSA) is 79.9 Å². The van der Waals surface area contributed by atoms with Crippen molar-refractivity contribution in [2.24, 2.45) is 0 Å². The summed E-state index contributed by atoms with van der Waals surface area (Å²) in [6, 6.07) is 9.60. The molecule has 1 heterocycles. The lowest BCUT2D eigenvalue weighted by atomic mass is 10.2. The minimum atomic E-state index is -3.27. The molecule has 0 aliphatic carbocycles. The average Bonchev–Trinajstić information content (AvgIpc) is 2.37. The maximum atomic E-state index is 11.6. The van der Waals surface area contributed by atoms with Gasteiger partial charge in [0.2, 0.25) is 0 Å². The summed E-state index contributed by atoms with van der Waals surface area (Å²) in [5, 5.41) is 6.12. The summed E-state index contributed by atoms with van der Waals surface area (Å²) in [5.74, 6) is 0. The normalized spacial score (nSPS) is 11.8. The van der Waals surface area contributed by atoms with Crippen LogP contribution in [0.5, 0.6) is 0 Å². The van der Waals surface area contributed by atoms with Crippen LogP contribution in [0.4, 0.5) is 0 Å². The lowest BCUT2D eigenvalue weighted by Gasteiger charge is -2.02. The van der Waals surface area contributed by atoms with E-state index < -0.39 is 9.84 Å². The number of aromatic amines is 1. The summed E-state index contributed by atoms with van der Waals surface area (Å²) in [5.41, 5.74) is 0.842. The van der Waals surface area contributed by atoms with Gasteiger partial charge in [0.25, 0.3) is 5.56 Å². The first kappa shape index (κ1) is 13.2. The standard InChI is InChI=1S/C13H12N2O3S/c1-19(17,18)12-5-3-2-4-10(12)6-7-11-8-9-13(16)15-14-11/h2-9H,1H3,(H,15,16)/b7-6+. The molecular formula is C13H12N2O3S. The molecule has 1 N–H and O–H groups in total. The number of benzene rings is 1. The van der Waals surface area contributed by atoms with Crippen LogP contribution in [0.1, 0.15) is 11.3 Å². The molecule has 0 saturated heterocycles. The smallest absolute Gasteiger partial charge is 0.264 e. The fourth-order valence-corrected chi connectivity index (χ4v) is 2.47. The van der Waals surface area contributed by atoms with Gasteiger partial charge in [-0.05, 0) is 23.8 Å². The molecule has 0 saturated carbocycles. The van der Waals surface area contributed by atoms with Crippen molar-refractivity contribution < 1.29 is 8.42 Å². The molecular weight excluding hydrogens is 264 g/mol.